The minimum atomic E-state index is -0.756. The number of carbonyl (C=O) groups is 3. The molecule has 0 N–H and O–H groups in total. The lowest BCUT2D eigenvalue weighted by molar-refractivity contribution is -0.167. The van der Waals surface area contributed by atoms with Gasteiger partial charge in [0.05, 0.1) is 0 Å². The summed E-state index contributed by atoms with van der Waals surface area (Å²) in [5.74, 6) is -0.0836. The van der Waals surface area contributed by atoms with E-state index in [4.69, 9.17) is 14.2 Å². The highest BCUT2D eigenvalue weighted by Gasteiger charge is 2.19. The van der Waals surface area contributed by atoms with Crippen LogP contribution in [0.3, 0.4) is 0 Å². The average Bonchev–Trinajstić information content (AvgIpc) is 3.01. The molecule has 0 unspecified atom stereocenters. The summed E-state index contributed by atoms with van der Waals surface area (Å²) in [5, 5.41) is 0. The Morgan fingerprint density at radius 2 is 0.733 bits per heavy atom. The quantitative estimate of drug-likeness (QED) is 0.0396. The number of unbranched alkanes of at least 4 members (excludes halogenated alkanes) is 21. The largest absolute Gasteiger partial charge is 0.462 e. The molecule has 0 saturated carbocycles. The molecule has 0 amide bonds. The van der Waals surface area contributed by atoms with Crippen molar-refractivity contribution in [3.8, 4) is 0 Å². The van der Waals surface area contributed by atoms with Crippen molar-refractivity contribution in [2.75, 3.05) is 13.2 Å². The lowest BCUT2D eigenvalue weighted by atomic mass is 10.0. The summed E-state index contributed by atoms with van der Waals surface area (Å²) in [6.45, 7) is 8.84. The highest BCUT2D eigenvalue weighted by atomic mass is 16.6. The van der Waals surface area contributed by atoms with Gasteiger partial charge in [0.1, 0.15) is 13.2 Å². The van der Waals surface area contributed by atoms with Gasteiger partial charge < -0.3 is 14.2 Å². The van der Waals surface area contributed by atoms with Crippen molar-refractivity contribution in [3.05, 3.63) is 0 Å². The SMILES string of the molecule is CCCCCCCCCCCCCC(=O)O[C@@H](COC(=O)CCCCCCC)COC(=O)CCCCCCCCCCC(C)C. The third-order valence-electron chi connectivity index (χ3n) is 8.54. The van der Waals surface area contributed by atoms with Gasteiger partial charge in [-0.1, -0.05) is 169 Å². The van der Waals surface area contributed by atoms with Crippen LogP contribution >= 0.6 is 0 Å². The molecule has 0 aromatic carbocycles. The lowest BCUT2D eigenvalue weighted by Gasteiger charge is -2.18. The number of rotatable bonds is 34. The van der Waals surface area contributed by atoms with Gasteiger partial charge in [0.2, 0.25) is 0 Å². The van der Waals surface area contributed by atoms with Crippen molar-refractivity contribution in [1.29, 1.82) is 0 Å². The third-order valence-corrected chi connectivity index (χ3v) is 8.54. The molecule has 0 saturated heterocycles. The molecule has 0 heterocycles. The van der Waals surface area contributed by atoms with Crippen LogP contribution in [0.1, 0.15) is 207 Å². The highest BCUT2D eigenvalue weighted by molar-refractivity contribution is 5.71. The molecule has 0 rings (SSSR count). The van der Waals surface area contributed by atoms with E-state index in [0.29, 0.717) is 19.3 Å². The number of ether oxygens (including phenoxy) is 3. The topological polar surface area (TPSA) is 78.9 Å². The fraction of sp³-hybridized carbons (Fsp3) is 0.923. The van der Waals surface area contributed by atoms with Crippen molar-refractivity contribution < 1.29 is 28.6 Å². The Morgan fingerprint density at radius 3 is 1.09 bits per heavy atom. The fourth-order valence-electron chi connectivity index (χ4n) is 5.57. The second-order valence-electron chi connectivity index (χ2n) is 13.7. The van der Waals surface area contributed by atoms with Crippen LogP contribution < -0.4 is 0 Å². The van der Waals surface area contributed by atoms with Crippen molar-refractivity contribution in [3.63, 3.8) is 0 Å². The standard InChI is InChI=1S/C39H74O6/c1-5-7-9-11-12-13-14-15-20-24-28-32-39(42)45-36(33-43-37(40)30-26-21-10-8-6-2)34-44-38(41)31-27-23-19-17-16-18-22-25-29-35(3)4/h35-36H,5-34H2,1-4H3/t36-/m0/s1. The van der Waals surface area contributed by atoms with Crippen LogP contribution in [-0.2, 0) is 28.6 Å². The van der Waals surface area contributed by atoms with Crippen molar-refractivity contribution in [2.24, 2.45) is 5.92 Å². The first kappa shape index (κ1) is 43.4. The van der Waals surface area contributed by atoms with Gasteiger partial charge in [0, 0.05) is 19.3 Å². The second kappa shape index (κ2) is 33.8. The van der Waals surface area contributed by atoms with Crippen LogP contribution in [0.5, 0.6) is 0 Å². The molecule has 0 aliphatic rings. The molecular weight excluding hydrogens is 564 g/mol. The lowest BCUT2D eigenvalue weighted by Crippen LogP contribution is -2.30. The van der Waals surface area contributed by atoms with Gasteiger partial charge in [-0.2, -0.15) is 0 Å². The monoisotopic (exact) mass is 639 g/mol. The van der Waals surface area contributed by atoms with Crippen LogP contribution in [0.2, 0.25) is 0 Å². The van der Waals surface area contributed by atoms with E-state index in [1.54, 1.807) is 0 Å². The number of hydrogen-bond acceptors (Lipinski definition) is 6. The zero-order chi connectivity index (χ0) is 33.2. The van der Waals surface area contributed by atoms with E-state index in [9.17, 15) is 14.4 Å². The predicted octanol–water partition coefficient (Wildman–Crippen LogP) is 11.6. The first-order valence-corrected chi connectivity index (χ1v) is 19.4. The van der Waals surface area contributed by atoms with Crippen molar-refractivity contribution >= 4 is 17.9 Å². The first-order valence-electron chi connectivity index (χ1n) is 19.4. The first-order chi connectivity index (χ1) is 21.9. The van der Waals surface area contributed by atoms with Gasteiger partial charge in [-0.15, -0.1) is 0 Å². The van der Waals surface area contributed by atoms with Crippen LogP contribution in [0.25, 0.3) is 0 Å². The van der Waals surface area contributed by atoms with Crippen molar-refractivity contribution in [1.82, 2.24) is 0 Å². The smallest absolute Gasteiger partial charge is 0.306 e. The minimum Gasteiger partial charge on any atom is -0.462 e. The zero-order valence-electron chi connectivity index (χ0n) is 30.3. The second-order valence-corrected chi connectivity index (χ2v) is 13.7. The van der Waals surface area contributed by atoms with Crippen LogP contribution in [-0.4, -0.2) is 37.2 Å². The maximum atomic E-state index is 12.6. The molecule has 6 heteroatoms. The molecule has 0 fully saturated rings. The zero-order valence-corrected chi connectivity index (χ0v) is 30.3. The van der Waals surface area contributed by atoms with E-state index in [0.717, 1.165) is 70.1 Å². The Balaban J connectivity index is 4.28. The maximum Gasteiger partial charge on any atom is 0.306 e. The number of hydrogen-bond donors (Lipinski definition) is 0. The van der Waals surface area contributed by atoms with E-state index in [1.807, 2.05) is 0 Å². The van der Waals surface area contributed by atoms with Gasteiger partial charge in [0.25, 0.3) is 0 Å². The molecule has 0 aromatic heterocycles. The van der Waals surface area contributed by atoms with Crippen LogP contribution in [0.4, 0.5) is 0 Å². The molecule has 0 aliphatic heterocycles. The molecule has 0 bridgehead atoms. The van der Waals surface area contributed by atoms with Gasteiger partial charge in [-0.05, 0) is 25.2 Å². The molecule has 45 heavy (non-hydrogen) atoms. The Bertz CT molecular complexity index is 676. The summed E-state index contributed by atoms with van der Waals surface area (Å²) in [7, 11) is 0. The Labute approximate surface area is 278 Å². The van der Waals surface area contributed by atoms with E-state index in [1.165, 1.54) is 96.3 Å². The summed E-state index contributed by atoms with van der Waals surface area (Å²) in [6, 6.07) is 0. The Hall–Kier alpha value is -1.59. The molecule has 6 nitrogen and oxygen atoms in total. The summed E-state index contributed by atoms with van der Waals surface area (Å²) < 4.78 is 16.5. The molecule has 266 valence electrons. The molecule has 0 aliphatic carbocycles. The summed E-state index contributed by atoms with van der Waals surface area (Å²) in [5.41, 5.74) is 0. The number of esters is 3. The summed E-state index contributed by atoms with van der Waals surface area (Å²) in [4.78, 5) is 37.2. The van der Waals surface area contributed by atoms with Crippen LogP contribution in [0.15, 0.2) is 0 Å². The van der Waals surface area contributed by atoms with E-state index in [2.05, 4.69) is 27.7 Å². The van der Waals surface area contributed by atoms with E-state index >= 15 is 0 Å². The fourth-order valence-corrected chi connectivity index (χ4v) is 5.57. The third kappa shape index (κ3) is 33.6. The molecule has 0 aromatic rings. The predicted molar refractivity (Wildman–Crippen MR) is 187 cm³/mol. The minimum absolute atomic E-state index is 0.0665. The molecule has 0 spiro atoms. The summed E-state index contributed by atoms with van der Waals surface area (Å²) >= 11 is 0. The molecular formula is C39H74O6. The van der Waals surface area contributed by atoms with Gasteiger partial charge in [-0.25, -0.2) is 0 Å². The van der Waals surface area contributed by atoms with Crippen LogP contribution in [0, 0.1) is 5.92 Å². The molecule has 1 atom stereocenters. The summed E-state index contributed by atoms with van der Waals surface area (Å²) in [6.07, 6.45) is 29.7. The Kier molecular flexibility index (Phi) is 32.6. The molecule has 0 radical (unpaired) electrons. The van der Waals surface area contributed by atoms with Gasteiger partial charge in [-0.3, -0.25) is 14.4 Å². The van der Waals surface area contributed by atoms with E-state index < -0.39 is 6.10 Å². The Morgan fingerprint density at radius 1 is 0.422 bits per heavy atom. The van der Waals surface area contributed by atoms with E-state index in [-0.39, 0.29) is 31.1 Å². The van der Waals surface area contributed by atoms with Gasteiger partial charge in [0.15, 0.2) is 6.10 Å². The normalized spacial score (nSPS) is 11.9. The maximum absolute atomic E-state index is 12.6. The highest BCUT2D eigenvalue weighted by Crippen LogP contribution is 2.15. The van der Waals surface area contributed by atoms with Crippen molar-refractivity contribution in [2.45, 2.75) is 214 Å². The average molecular weight is 639 g/mol. The van der Waals surface area contributed by atoms with Gasteiger partial charge >= 0.3 is 17.9 Å². The number of carbonyl (C=O) groups excluding carboxylic acids is 3.